The van der Waals surface area contributed by atoms with E-state index in [-0.39, 0.29) is 18.0 Å². The Bertz CT molecular complexity index is 976. The molecule has 6 nitrogen and oxygen atoms in total. The molecule has 0 saturated heterocycles. The molecule has 166 valence electrons. The van der Waals surface area contributed by atoms with E-state index in [0.717, 1.165) is 43.6 Å². The Hall–Kier alpha value is -2.94. The van der Waals surface area contributed by atoms with Crippen LogP contribution in [-0.4, -0.2) is 40.8 Å². The number of anilines is 1. The predicted octanol–water partition coefficient (Wildman–Crippen LogP) is 3.84. The number of hydrogen-bond donors (Lipinski definition) is 2. The van der Waals surface area contributed by atoms with Crippen molar-refractivity contribution in [1.82, 2.24) is 14.9 Å². The minimum absolute atomic E-state index is 0.0855. The second-order valence-electron chi connectivity index (χ2n) is 7.18. The standard InChI is InChI=1S/C20H20F3N5O.C2H6/c21-15-5-12(6-16(22)19(15)23)9-28-10-18(26-11-28)27-20(29)17-2-1-13-3-4-24-7-14(13)8-25-17;1-2/h5-6,8,10-11,17,24H,1-4,7,9H2,(H,27,29);1-2H3. The number of nitrogens with one attached hydrogen (secondary N) is 2. The van der Waals surface area contributed by atoms with E-state index in [0.29, 0.717) is 12.2 Å². The molecule has 3 heterocycles. The quantitative estimate of drug-likeness (QED) is 0.720. The second-order valence-corrected chi connectivity index (χ2v) is 7.18. The third-order valence-corrected chi connectivity index (χ3v) is 5.10. The maximum atomic E-state index is 13.4. The van der Waals surface area contributed by atoms with Crippen molar-refractivity contribution in [3.8, 4) is 0 Å². The van der Waals surface area contributed by atoms with Crippen LogP contribution in [0.4, 0.5) is 19.0 Å². The molecule has 31 heavy (non-hydrogen) atoms. The molecule has 2 aromatic rings. The summed E-state index contributed by atoms with van der Waals surface area (Å²) in [5, 5.41) is 6.03. The topological polar surface area (TPSA) is 71.3 Å². The summed E-state index contributed by atoms with van der Waals surface area (Å²) >= 11 is 0. The number of hydrogen-bond acceptors (Lipinski definition) is 4. The van der Waals surface area contributed by atoms with Gasteiger partial charge in [-0.25, -0.2) is 18.2 Å². The molecule has 0 saturated carbocycles. The molecule has 1 unspecified atom stereocenters. The summed E-state index contributed by atoms with van der Waals surface area (Å²) in [5.41, 5.74) is 2.76. The molecule has 1 aromatic carbocycles. The Labute approximate surface area is 179 Å². The van der Waals surface area contributed by atoms with Gasteiger partial charge in [0.05, 0.1) is 6.33 Å². The van der Waals surface area contributed by atoms with Crippen LogP contribution in [0.25, 0.3) is 0 Å². The highest BCUT2D eigenvalue weighted by molar-refractivity contribution is 5.96. The third kappa shape index (κ3) is 5.61. The Balaban J connectivity index is 0.00000132. The molecule has 0 fully saturated rings. The SMILES string of the molecule is CC.O=C(Nc1cn(Cc2cc(F)c(F)c(F)c2)cn1)C1CCC2=C(C=N1)CNCC2. The first-order valence-electron chi connectivity index (χ1n) is 10.4. The van der Waals surface area contributed by atoms with Crippen molar-refractivity contribution >= 4 is 17.9 Å². The van der Waals surface area contributed by atoms with Crippen molar-refractivity contribution in [3.63, 3.8) is 0 Å². The summed E-state index contributed by atoms with van der Waals surface area (Å²) in [6.07, 6.45) is 7.21. The number of aromatic nitrogens is 2. The zero-order valence-corrected chi connectivity index (χ0v) is 17.6. The van der Waals surface area contributed by atoms with Crippen LogP contribution in [0.15, 0.2) is 40.8 Å². The van der Waals surface area contributed by atoms with Crippen LogP contribution in [0, 0.1) is 17.5 Å². The lowest BCUT2D eigenvalue weighted by molar-refractivity contribution is -0.117. The third-order valence-electron chi connectivity index (χ3n) is 5.10. The highest BCUT2D eigenvalue weighted by Crippen LogP contribution is 2.23. The minimum atomic E-state index is -1.50. The van der Waals surface area contributed by atoms with E-state index in [4.69, 9.17) is 0 Å². The molecule has 1 amide bonds. The molecular weight excluding hydrogens is 407 g/mol. The van der Waals surface area contributed by atoms with Crippen LogP contribution < -0.4 is 10.6 Å². The number of imidazole rings is 1. The fourth-order valence-corrected chi connectivity index (χ4v) is 3.57. The molecule has 9 heteroatoms. The molecule has 1 atom stereocenters. The van der Waals surface area contributed by atoms with Gasteiger partial charge in [-0.2, -0.15) is 0 Å². The summed E-state index contributed by atoms with van der Waals surface area (Å²) in [6, 6.07) is 1.37. The Kier molecular flexibility index (Phi) is 7.62. The number of carbonyl (C=O) groups is 1. The number of nitrogens with zero attached hydrogens (tertiary/aromatic N) is 3. The van der Waals surface area contributed by atoms with Crippen LogP contribution in [0.3, 0.4) is 0 Å². The van der Waals surface area contributed by atoms with E-state index in [1.54, 1.807) is 17.0 Å². The van der Waals surface area contributed by atoms with Crippen LogP contribution in [-0.2, 0) is 11.3 Å². The Morgan fingerprint density at radius 1 is 1.23 bits per heavy atom. The first-order valence-corrected chi connectivity index (χ1v) is 10.4. The van der Waals surface area contributed by atoms with E-state index in [1.807, 2.05) is 13.8 Å². The number of aliphatic imine (C=N–C) groups is 1. The smallest absolute Gasteiger partial charge is 0.250 e. The summed E-state index contributed by atoms with van der Waals surface area (Å²) in [4.78, 5) is 21.1. The molecule has 2 aliphatic heterocycles. The zero-order valence-electron chi connectivity index (χ0n) is 17.6. The van der Waals surface area contributed by atoms with Crippen molar-refractivity contribution < 1.29 is 18.0 Å². The molecule has 4 rings (SSSR count). The van der Waals surface area contributed by atoms with Gasteiger partial charge in [-0.3, -0.25) is 9.79 Å². The molecule has 0 bridgehead atoms. The largest absolute Gasteiger partial charge is 0.331 e. The lowest BCUT2D eigenvalue weighted by Crippen LogP contribution is -2.26. The monoisotopic (exact) mass is 433 g/mol. The summed E-state index contributed by atoms with van der Waals surface area (Å²) in [6.45, 7) is 5.81. The van der Waals surface area contributed by atoms with Gasteiger partial charge in [-0.05, 0) is 49.1 Å². The van der Waals surface area contributed by atoms with E-state index in [2.05, 4.69) is 20.6 Å². The van der Waals surface area contributed by atoms with E-state index in [1.165, 1.54) is 11.9 Å². The summed E-state index contributed by atoms with van der Waals surface area (Å²) in [7, 11) is 0. The van der Waals surface area contributed by atoms with Gasteiger partial charge in [0.25, 0.3) is 0 Å². The maximum absolute atomic E-state index is 13.4. The van der Waals surface area contributed by atoms with Gasteiger partial charge in [0.15, 0.2) is 23.3 Å². The first kappa shape index (κ1) is 22.7. The minimum Gasteiger partial charge on any atom is -0.331 e. The number of rotatable bonds is 4. The zero-order chi connectivity index (χ0) is 22.4. The van der Waals surface area contributed by atoms with Crippen LogP contribution in [0.1, 0.15) is 38.7 Å². The van der Waals surface area contributed by atoms with Gasteiger partial charge in [0.1, 0.15) is 6.04 Å². The van der Waals surface area contributed by atoms with Gasteiger partial charge < -0.3 is 15.2 Å². The molecule has 0 spiro atoms. The summed E-state index contributed by atoms with van der Waals surface area (Å²) in [5.74, 6) is -3.92. The van der Waals surface area contributed by atoms with Gasteiger partial charge in [0, 0.05) is 25.5 Å². The van der Waals surface area contributed by atoms with Crippen molar-refractivity contribution in [1.29, 1.82) is 0 Å². The molecule has 0 radical (unpaired) electrons. The average molecular weight is 433 g/mol. The van der Waals surface area contributed by atoms with Crippen molar-refractivity contribution in [2.45, 2.75) is 45.7 Å². The van der Waals surface area contributed by atoms with Crippen molar-refractivity contribution in [3.05, 3.63) is 58.8 Å². The number of carbonyl (C=O) groups excluding carboxylic acids is 1. The van der Waals surface area contributed by atoms with E-state index in [9.17, 15) is 18.0 Å². The fourth-order valence-electron chi connectivity index (χ4n) is 3.57. The fraction of sp³-hybridized carbons (Fsp3) is 0.409. The van der Waals surface area contributed by atoms with Crippen molar-refractivity contribution in [2.24, 2.45) is 4.99 Å². The lowest BCUT2D eigenvalue weighted by atomic mass is 9.97. The number of benzene rings is 1. The summed E-state index contributed by atoms with van der Waals surface area (Å²) < 4.78 is 41.3. The van der Waals surface area contributed by atoms with Crippen LogP contribution in [0.2, 0.25) is 0 Å². The van der Waals surface area contributed by atoms with Gasteiger partial charge in [-0.15, -0.1) is 0 Å². The molecular formula is C22H26F3N5O. The van der Waals surface area contributed by atoms with Gasteiger partial charge >= 0.3 is 0 Å². The normalized spacial score (nSPS) is 18.0. The Morgan fingerprint density at radius 2 is 1.97 bits per heavy atom. The van der Waals surface area contributed by atoms with Crippen LogP contribution >= 0.6 is 0 Å². The van der Waals surface area contributed by atoms with E-state index < -0.39 is 23.5 Å². The highest BCUT2D eigenvalue weighted by atomic mass is 19.2. The second kappa shape index (κ2) is 10.4. The average Bonchev–Trinajstić information content (AvgIpc) is 3.08. The molecule has 0 aliphatic carbocycles. The first-order chi connectivity index (χ1) is 15.0. The van der Waals surface area contributed by atoms with E-state index >= 15 is 0 Å². The molecule has 2 aliphatic rings. The Morgan fingerprint density at radius 3 is 2.71 bits per heavy atom. The van der Waals surface area contributed by atoms with Crippen molar-refractivity contribution in [2.75, 3.05) is 18.4 Å². The molecule has 1 aromatic heterocycles. The number of halogens is 3. The van der Waals surface area contributed by atoms with Gasteiger partial charge in [-0.1, -0.05) is 19.4 Å². The predicted molar refractivity (Wildman–Crippen MR) is 114 cm³/mol. The maximum Gasteiger partial charge on any atom is 0.250 e. The lowest BCUT2D eigenvalue weighted by Gasteiger charge is -2.17. The van der Waals surface area contributed by atoms with Gasteiger partial charge in [0.2, 0.25) is 5.91 Å². The number of amides is 1. The van der Waals surface area contributed by atoms with Crippen LogP contribution in [0.5, 0.6) is 0 Å². The molecule has 2 N–H and O–H groups in total. The highest BCUT2D eigenvalue weighted by Gasteiger charge is 2.23.